The molecular formula is C15H10O4. The van der Waals surface area contributed by atoms with Gasteiger partial charge in [0, 0.05) is 22.6 Å². The van der Waals surface area contributed by atoms with E-state index in [1.165, 1.54) is 19.3 Å². The van der Waals surface area contributed by atoms with E-state index in [1.807, 2.05) is 0 Å². The van der Waals surface area contributed by atoms with Crippen LogP contribution in [0, 0.1) is 0 Å². The molecule has 0 amide bonds. The number of hydrogen-bond donors (Lipinski definition) is 1. The molecule has 0 atom stereocenters. The van der Waals surface area contributed by atoms with E-state index >= 15 is 0 Å². The zero-order chi connectivity index (χ0) is 13.6. The minimum Gasteiger partial charge on any atom is -0.507 e. The van der Waals surface area contributed by atoms with Crippen LogP contribution < -0.4 is 0 Å². The lowest BCUT2D eigenvalue weighted by molar-refractivity contribution is 0.0918. The molecule has 0 heterocycles. The Hall–Kier alpha value is -2.62. The van der Waals surface area contributed by atoms with Crippen molar-refractivity contribution in [3.63, 3.8) is 0 Å². The standard InChI is InChI=1S/C15H10O4/c1-19-12-7-11(17)9-6-5-8-3-2-4-10(16)13(8)14(9)15(12)18/h2-7,16H,1H3. The van der Waals surface area contributed by atoms with E-state index < -0.39 is 0 Å². The molecule has 2 aromatic carbocycles. The van der Waals surface area contributed by atoms with Gasteiger partial charge in [0.25, 0.3) is 0 Å². The molecule has 1 aliphatic rings. The Kier molecular flexibility index (Phi) is 2.38. The first-order valence-corrected chi connectivity index (χ1v) is 5.73. The largest absolute Gasteiger partial charge is 0.507 e. The second kappa shape index (κ2) is 3.95. The van der Waals surface area contributed by atoms with Crippen molar-refractivity contribution in [2.45, 2.75) is 0 Å². The fourth-order valence-electron chi connectivity index (χ4n) is 2.34. The maximum absolute atomic E-state index is 12.3. The van der Waals surface area contributed by atoms with Gasteiger partial charge in [-0.2, -0.15) is 0 Å². The molecule has 0 saturated carbocycles. The van der Waals surface area contributed by atoms with Crippen LogP contribution in [0.1, 0.15) is 20.7 Å². The molecule has 2 aromatic rings. The van der Waals surface area contributed by atoms with Gasteiger partial charge in [0.15, 0.2) is 11.5 Å². The number of rotatable bonds is 1. The van der Waals surface area contributed by atoms with E-state index in [1.54, 1.807) is 24.3 Å². The maximum Gasteiger partial charge on any atom is 0.229 e. The van der Waals surface area contributed by atoms with Gasteiger partial charge in [-0.25, -0.2) is 0 Å². The smallest absolute Gasteiger partial charge is 0.229 e. The number of Topliss-reactive ketones (excluding diaryl/α,β-unsaturated/α-hetero) is 1. The molecule has 0 spiro atoms. The van der Waals surface area contributed by atoms with Crippen molar-refractivity contribution in [1.82, 2.24) is 0 Å². The average Bonchev–Trinajstić information content (AvgIpc) is 2.42. The zero-order valence-electron chi connectivity index (χ0n) is 10.1. The molecule has 4 nitrogen and oxygen atoms in total. The molecule has 1 N–H and O–H groups in total. The summed E-state index contributed by atoms with van der Waals surface area (Å²) in [5.41, 5.74) is 0.500. The van der Waals surface area contributed by atoms with Crippen molar-refractivity contribution in [1.29, 1.82) is 0 Å². The van der Waals surface area contributed by atoms with Gasteiger partial charge >= 0.3 is 0 Å². The number of hydrogen-bond acceptors (Lipinski definition) is 4. The van der Waals surface area contributed by atoms with Crippen LogP contribution in [0.3, 0.4) is 0 Å². The van der Waals surface area contributed by atoms with Gasteiger partial charge in [-0.15, -0.1) is 0 Å². The number of phenols is 1. The monoisotopic (exact) mass is 254 g/mol. The third kappa shape index (κ3) is 1.53. The Morgan fingerprint density at radius 2 is 1.89 bits per heavy atom. The molecule has 0 bridgehead atoms. The fourth-order valence-corrected chi connectivity index (χ4v) is 2.34. The molecule has 4 heteroatoms. The summed E-state index contributed by atoms with van der Waals surface area (Å²) in [5, 5.41) is 11.1. The lowest BCUT2D eigenvalue weighted by atomic mass is 9.88. The number of fused-ring (bicyclic) bond motifs is 3. The third-order valence-electron chi connectivity index (χ3n) is 3.22. The molecule has 1 aliphatic carbocycles. The van der Waals surface area contributed by atoms with Crippen molar-refractivity contribution >= 4 is 22.3 Å². The molecule has 94 valence electrons. The normalized spacial score (nSPS) is 14.3. The number of aromatic hydroxyl groups is 1. The molecule has 3 rings (SSSR count). The summed E-state index contributed by atoms with van der Waals surface area (Å²) in [6.45, 7) is 0. The number of allylic oxidation sites excluding steroid dienone is 2. The van der Waals surface area contributed by atoms with E-state index in [0.29, 0.717) is 16.3 Å². The Morgan fingerprint density at radius 1 is 1.11 bits per heavy atom. The number of carbonyl (C=O) groups excluding carboxylic acids is 2. The van der Waals surface area contributed by atoms with Crippen molar-refractivity contribution in [2.75, 3.05) is 7.11 Å². The first-order chi connectivity index (χ1) is 9.13. The second-order valence-electron chi connectivity index (χ2n) is 4.27. The predicted molar refractivity (Wildman–Crippen MR) is 69.4 cm³/mol. The summed E-state index contributed by atoms with van der Waals surface area (Å²) in [6, 6.07) is 8.26. The second-order valence-corrected chi connectivity index (χ2v) is 4.27. The Balaban J connectivity index is 2.44. The Labute approximate surface area is 108 Å². The average molecular weight is 254 g/mol. The van der Waals surface area contributed by atoms with E-state index in [2.05, 4.69) is 0 Å². The molecule has 0 fully saturated rings. The van der Waals surface area contributed by atoms with Crippen LogP contribution in [0.2, 0.25) is 0 Å². The molecule has 19 heavy (non-hydrogen) atoms. The number of benzene rings is 2. The van der Waals surface area contributed by atoms with E-state index in [4.69, 9.17) is 4.74 Å². The highest BCUT2D eigenvalue weighted by Crippen LogP contribution is 2.34. The summed E-state index contributed by atoms with van der Waals surface area (Å²) < 4.78 is 4.93. The van der Waals surface area contributed by atoms with E-state index in [-0.39, 0.29) is 28.6 Å². The van der Waals surface area contributed by atoms with Gasteiger partial charge in [-0.3, -0.25) is 9.59 Å². The molecule has 0 unspecified atom stereocenters. The van der Waals surface area contributed by atoms with Crippen LogP contribution in [-0.4, -0.2) is 23.8 Å². The Bertz CT molecular complexity index is 756. The van der Waals surface area contributed by atoms with Gasteiger partial charge in [0.1, 0.15) is 5.75 Å². The topological polar surface area (TPSA) is 63.6 Å². The molecule has 0 aromatic heterocycles. The van der Waals surface area contributed by atoms with E-state index in [0.717, 1.165) is 0 Å². The summed E-state index contributed by atoms with van der Waals surface area (Å²) in [5.74, 6) is -0.707. The number of methoxy groups -OCH3 is 1. The van der Waals surface area contributed by atoms with Gasteiger partial charge in [0.2, 0.25) is 5.78 Å². The van der Waals surface area contributed by atoms with Gasteiger partial charge in [-0.1, -0.05) is 18.2 Å². The van der Waals surface area contributed by atoms with Crippen molar-refractivity contribution in [3.8, 4) is 5.75 Å². The van der Waals surface area contributed by atoms with Crippen LogP contribution >= 0.6 is 0 Å². The zero-order valence-corrected chi connectivity index (χ0v) is 10.1. The SMILES string of the molecule is COC1=CC(=O)c2ccc3cccc(O)c3c2C1=O. The van der Waals surface area contributed by atoms with Gasteiger partial charge in [0.05, 0.1) is 7.11 Å². The number of ketones is 2. The van der Waals surface area contributed by atoms with Crippen molar-refractivity contribution in [2.24, 2.45) is 0 Å². The predicted octanol–water partition coefficient (Wildman–Crippen LogP) is 2.45. The van der Waals surface area contributed by atoms with Crippen LogP contribution in [-0.2, 0) is 4.74 Å². The highest BCUT2D eigenvalue weighted by atomic mass is 16.5. The first kappa shape index (κ1) is 11.5. The fraction of sp³-hybridized carbons (Fsp3) is 0.0667. The third-order valence-corrected chi connectivity index (χ3v) is 3.22. The molecule has 0 saturated heterocycles. The minimum atomic E-state index is -0.385. The molecule has 0 aliphatic heterocycles. The maximum atomic E-state index is 12.3. The highest BCUT2D eigenvalue weighted by Gasteiger charge is 2.29. The number of phenolic OH excluding ortho intramolecular Hbond substituents is 1. The van der Waals surface area contributed by atoms with E-state index in [9.17, 15) is 14.7 Å². The molecule has 0 radical (unpaired) electrons. The Morgan fingerprint density at radius 3 is 2.63 bits per heavy atom. The quantitative estimate of drug-likeness (QED) is 0.849. The summed E-state index contributed by atoms with van der Waals surface area (Å²) in [7, 11) is 1.34. The van der Waals surface area contributed by atoms with Crippen LogP contribution in [0.4, 0.5) is 0 Å². The lowest BCUT2D eigenvalue weighted by Crippen LogP contribution is -2.18. The highest BCUT2D eigenvalue weighted by molar-refractivity contribution is 6.28. The number of carbonyl (C=O) groups is 2. The summed E-state index contributed by atoms with van der Waals surface area (Å²) in [6.07, 6.45) is 1.18. The van der Waals surface area contributed by atoms with Crippen LogP contribution in [0.25, 0.3) is 10.8 Å². The summed E-state index contributed by atoms with van der Waals surface area (Å²) >= 11 is 0. The summed E-state index contributed by atoms with van der Waals surface area (Å²) in [4.78, 5) is 24.3. The van der Waals surface area contributed by atoms with Crippen LogP contribution in [0.5, 0.6) is 5.75 Å². The van der Waals surface area contributed by atoms with Gasteiger partial charge < -0.3 is 9.84 Å². The lowest BCUT2D eigenvalue weighted by Gasteiger charge is -2.16. The van der Waals surface area contributed by atoms with Crippen molar-refractivity contribution in [3.05, 3.63) is 53.3 Å². The van der Waals surface area contributed by atoms with Gasteiger partial charge in [-0.05, 0) is 17.5 Å². The van der Waals surface area contributed by atoms with Crippen LogP contribution in [0.15, 0.2) is 42.2 Å². The van der Waals surface area contributed by atoms with Crippen molar-refractivity contribution < 1.29 is 19.4 Å². The minimum absolute atomic E-state index is 0.00625. The first-order valence-electron chi connectivity index (χ1n) is 5.73. The molecular weight excluding hydrogens is 244 g/mol. The number of ether oxygens (including phenoxy) is 1.